The van der Waals surface area contributed by atoms with E-state index in [4.69, 9.17) is 5.73 Å². The highest BCUT2D eigenvalue weighted by atomic mass is 16.1. The van der Waals surface area contributed by atoms with Crippen LogP contribution in [0.5, 0.6) is 0 Å². The van der Waals surface area contributed by atoms with Crippen LogP contribution in [0, 0.1) is 18.8 Å². The minimum absolute atomic E-state index is 0.0786. The van der Waals surface area contributed by atoms with E-state index in [0.717, 1.165) is 24.1 Å². The molecular weight excluding hydrogens is 250 g/mol. The number of nitrogens with zero attached hydrogens (tertiary/aromatic N) is 1. The largest absolute Gasteiger partial charge is 0.352 e. The Balaban J connectivity index is 2.72. The molecule has 1 aromatic carbocycles. The van der Waals surface area contributed by atoms with E-state index in [9.17, 15) is 4.79 Å². The fourth-order valence-electron chi connectivity index (χ4n) is 1.80. The van der Waals surface area contributed by atoms with E-state index in [1.54, 1.807) is 0 Å². The summed E-state index contributed by atoms with van der Waals surface area (Å²) < 4.78 is 0. The van der Waals surface area contributed by atoms with Crippen LogP contribution in [0.4, 0.5) is 0 Å². The van der Waals surface area contributed by atoms with Crippen LogP contribution in [0.3, 0.4) is 0 Å². The molecule has 0 spiro atoms. The van der Waals surface area contributed by atoms with Gasteiger partial charge in [-0.3, -0.25) is 4.79 Å². The minimum Gasteiger partial charge on any atom is -0.352 e. The second-order valence-corrected chi connectivity index (χ2v) is 4.97. The molecule has 4 nitrogen and oxygen atoms in total. The molecule has 0 radical (unpaired) electrons. The highest BCUT2D eigenvalue weighted by molar-refractivity contribution is 5.96. The summed E-state index contributed by atoms with van der Waals surface area (Å²) in [4.78, 5) is 14.3. The highest BCUT2D eigenvalue weighted by Crippen LogP contribution is 2.10. The number of hydrogen-bond acceptors (Lipinski definition) is 3. The number of carbonyl (C=O) groups is 1. The Morgan fingerprint density at radius 1 is 1.40 bits per heavy atom. The molecule has 0 atom stereocenters. The van der Waals surface area contributed by atoms with Gasteiger partial charge in [-0.05, 0) is 51.7 Å². The van der Waals surface area contributed by atoms with E-state index in [1.165, 1.54) is 0 Å². The monoisotopic (exact) mass is 273 g/mol. The maximum atomic E-state index is 12.2. The highest BCUT2D eigenvalue weighted by Gasteiger charge is 2.09. The van der Waals surface area contributed by atoms with E-state index < -0.39 is 0 Å². The van der Waals surface area contributed by atoms with Crippen LogP contribution in [0.2, 0.25) is 0 Å². The fraction of sp³-hybridized carbons (Fsp3) is 0.438. The molecule has 0 unspecified atom stereocenters. The van der Waals surface area contributed by atoms with Gasteiger partial charge >= 0.3 is 0 Å². The number of aryl methyl sites for hydroxylation is 1. The number of nitrogens with one attached hydrogen (secondary N) is 1. The van der Waals surface area contributed by atoms with Gasteiger partial charge in [0.05, 0.1) is 12.1 Å². The van der Waals surface area contributed by atoms with E-state index in [2.05, 4.69) is 22.1 Å². The van der Waals surface area contributed by atoms with Gasteiger partial charge in [0, 0.05) is 12.1 Å². The van der Waals surface area contributed by atoms with Crippen molar-refractivity contribution in [3.05, 3.63) is 34.9 Å². The third-order valence-corrected chi connectivity index (χ3v) is 2.81. The van der Waals surface area contributed by atoms with Crippen molar-refractivity contribution in [3.8, 4) is 11.8 Å². The van der Waals surface area contributed by atoms with Crippen molar-refractivity contribution >= 4 is 5.91 Å². The Morgan fingerprint density at radius 2 is 2.15 bits per heavy atom. The van der Waals surface area contributed by atoms with Gasteiger partial charge in [-0.25, -0.2) is 0 Å². The smallest absolute Gasteiger partial charge is 0.252 e. The Hall–Kier alpha value is -1.83. The predicted octanol–water partition coefficient (Wildman–Crippen LogP) is 0.987. The number of amides is 1. The van der Waals surface area contributed by atoms with E-state index >= 15 is 0 Å². The van der Waals surface area contributed by atoms with Crippen molar-refractivity contribution < 1.29 is 4.79 Å². The van der Waals surface area contributed by atoms with Gasteiger partial charge in [0.25, 0.3) is 5.91 Å². The Bertz CT molecular complexity index is 512. The SMILES string of the molecule is Cc1ccc(C(=O)NCCCN(C)C)c(C#CCN)c1. The molecule has 0 saturated carbocycles. The first-order chi connectivity index (χ1) is 9.54. The van der Waals surface area contributed by atoms with Gasteiger partial charge in [0.15, 0.2) is 0 Å². The summed E-state index contributed by atoms with van der Waals surface area (Å²) in [7, 11) is 4.03. The van der Waals surface area contributed by atoms with Gasteiger partial charge < -0.3 is 16.0 Å². The Morgan fingerprint density at radius 3 is 2.80 bits per heavy atom. The summed E-state index contributed by atoms with van der Waals surface area (Å²) in [6, 6.07) is 5.65. The van der Waals surface area contributed by atoms with Crippen molar-refractivity contribution in [2.45, 2.75) is 13.3 Å². The van der Waals surface area contributed by atoms with Crippen LogP contribution >= 0.6 is 0 Å². The van der Waals surface area contributed by atoms with Crippen molar-refractivity contribution in [2.24, 2.45) is 5.73 Å². The first-order valence-electron chi connectivity index (χ1n) is 6.77. The molecule has 0 aliphatic heterocycles. The molecule has 20 heavy (non-hydrogen) atoms. The van der Waals surface area contributed by atoms with Crippen molar-refractivity contribution in [2.75, 3.05) is 33.7 Å². The van der Waals surface area contributed by atoms with Crippen LogP contribution < -0.4 is 11.1 Å². The average Bonchev–Trinajstić information content (AvgIpc) is 2.41. The quantitative estimate of drug-likeness (QED) is 0.621. The second kappa shape index (κ2) is 8.36. The number of carbonyl (C=O) groups excluding carboxylic acids is 1. The third kappa shape index (κ3) is 5.43. The molecule has 0 saturated heterocycles. The molecule has 1 amide bonds. The van der Waals surface area contributed by atoms with Crippen LogP contribution in [-0.2, 0) is 0 Å². The normalized spacial score (nSPS) is 10.1. The molecule has 3 N–H and O–H groups in total. The summed E-state index contributed by atoms with van der Waals surface area (Å²) in [5.74, 6) is 5.68. The zero-order valence-corrected chi connectivity index (χ0v) is 12.5. The summed E-state index contributed by atoms with van der Waals surface area (Å²) in [6.07, 6.45) is 0.925. The zero-order chi connectivity index (χ0) is 15.0. The van der Waals surface area contributed by atoms with Crippen LogP contribution in [0.1, 0.15) is 27.9 Å². The molecule has 1 aromatic rings. The first-order valence-corrected chi connectivity index (χ1v) is 6.77. The maximum Gasteiger partial charge on any atom is 0.252 e. The van der Waals surface area contributed by atoms with Gasteiger partial charge in [0.2, 0.25) is 0 Å². The van der Waals surface area contributed by atoms with Gasteiger partial charge in [-0.1, -0.05) is 17.9 Å². The topological polar surface area (TPSA) is 58.4 Å². The van der Waals surface area contributed by atoms with Gasteiger partial charge in [-0.2, -0.15) is 0 Å². The summed E-state index contributed by atoms with van der Waals surface area (Å²) in [5, 5.41) is 2.93. The van der Waals surface area contributed by atoms with Crippen LogP contribution in [0.25, 0.3) is 0 Å². The van der Waals surface area contributed by atoms with Crippen LogP contribution in [0.15, 0.2) is 18.2 Å². The van der Waals surface area contributed by atoms with Crippen molar-refractivity contribution in [1.82, 2.24) is 10.2 Å². The molecule has 1 rings (SSSR count). The lowest BCUT2D eigenvalue weighted by atomic mass is 10.0. The number of nitrogens with two attached hydrogens (primary N) is 1. The predicted molar refractivity (Wildman–Crippen MR) is 82.6 cm³/mol. The number of benzene rings is 1. The Kier molecular flexibility index (Phi) is 6.78. The molecule has 0 bridgehead atoms. The van der Waals surface area contributed by atoms with E-state index in [-0.39, 0.29) is 12.5 Å². The zero-order valence-electron chi connectivity index (χ0n) is 12.5. The lowest BCUT2D eigenvalue weighted by Crippen LogP contribution is -2.27. The summed E-state index contributed by atoms with van der Waals surface area (Å²) in [6.45, 7) is 3.88. The van der Waals surface area contributed by atoms with Crippen LogP contribution in [-0.4, -0.2) is 44.5 Å². The molecule has 0 aliphatic carbocycles. The summed E-state index contributed by atoms with van der Waals surface area (Å²) >= 11 is 0. The third-order valence-electron chi connectivity index (χ3n) is 2.81. The molecular formula is C16H23N3O. The standard InChI is InChI=1S/C16H23N3O/c1-13-7-8-15(14(12-13)6-4-9-17)16(20)18-10-5-11-19(2)3/h7-8,12H,5,9-11,17H2,1-3H3,(H,18,20). The lowest BCUT2D eigenvalue weighted by Gasteiger charge is -2.11. The van der Waals surface area contributed by atoms with Gasteiger partial charge in [-0.15, -0.1) is 0 Å². The van der Waals surface area contributed by atoms with E-state index in [0.29, 0.717) is 12.1 Å². The first kappa shape index (κ1) is 16.2. The molecule has 0 heterocycles. The molecule has 108 valence electrons. The maximum absolute atomic E-state index is 12.2. The lowest BCUT2D eigenvalue weighted by molar-refractivity contribution is 0.0952. The number of rotatable bonds is 5. The Labute approximate surface area is 121 Å². The van der Waals surface area contributed by atoms with E-state index in [1.807, 2.05) is 39.2 Å². The number of hydrogen-bond donors (Lipinski definition) is 2. The van der Waals surface area contributed by atoms with Crippen molar-refractivity contribution in [3.63, 3.8) is 0 Å². The fourth-order valence-corrected chi connectivity index (χ4v) is 1.80. The van der Waals surface area contributed by atoms with Gasteiger partial charge in [0.1, 0.15) is 0 Å². The minimum atomic E-state index is -0.0786. The molecule has 4 heteroatoms. The molecule has 0 aliphatic rings. The van der Waals surface area contributed by atoms with Crippen molar-refractivity contribution in [1.29, 1.82) is 0 Å². The summed E-state index contributed by atoms with van der Waals surface area (Å²) in [5.41, 5.74) is 7.82. The molecule has 0 fully saturated rings. The average molecular weight is 273 g/mol. The second-order valence-electron chi connectivity index (χ2n) is 4.97. The molecule has 0 aromatic heterocycles.